The Kier molecular flexibility index (Phi) is 6.82. The summed E-state index contributed by atoms with van der Waals surface area (Å²) in [5, 5.41) is 2.78. The lowest BCUT2D eigenvalue weighted by molar-refractivity contribution is -0.152. The molecule has 1 aliphatic rings. The third-order valence-corrected chi connectivity index (χ3v) is 5.70. The lowest BCUT2D eigenvalue weighted by Gasteiger charge is -2.25. The maximum Gasteiger partial charge on any atom is 0.330 e. The number of ether oxygens (including phenoxy) is 1. The van der Waals surface area contributed by atoms with E-state index in [9.17, 15) is 19.2 Å². The Morgan fingerprint density at radius 1 is 0.824 bits per heavy atom. The average molecular weight is 456 g/mol. The van der Waals surface area contributed by atoms with Crippen molar-refractivity contribution in [2.75, 3.05) is 6.61 Å². The van der Waals surface area contributed by atoms with E-state index in [1.807, 2.05) is 43.3 Å². The van der Waals surface area contributed by atoms with Gasteiger partial charge in [-0.1, -0.05) is 72.8 Å². The van der Waals surface area contributed by atoms with Crippen molar-refractivity contribution in [3.8, 4) is 0 Å². The summed E-state index contributed by atoms with van der Waals surface area (Å²) in [6.07, 6.45) is 0.0766. The molecule has 2 atom stereocenters. The number of carbonyl (C=O) groups is 4. The smallest absolute Gasteiger partial charge is 0.330 e. The van der Waals surface area contributed by atoms with Crippen LogP contribution >= 0.6 is 0 Å². The molecule has 3 aromatic carbocycles. The molecular formula is C27H24N2O5. The zero-order valence-electron chi connectivity index (χ0n) is 18.6. The van der Waals surface area contributed by atoms with E-state index in [0.29, 0.717) is 0 Å². The van der Waals surface area contributed by atoms with Crippen LogP contribution in [-0.2, 0) is 20.7 Å². The van der Waals surface area contributed by atoms with Crippen molar-refractivity contribution < 1.29 is 23.9 Å². The van der Waals surface area contributed by atoms with E-state index >= 15 is 0 Å². The van der Waals surface area contributed by atoms with Crippen LogP contribution in [0.25, 0.3) is 0 Å². The number of amides is 3. The third-order valence-electron chi connectivity index (χ3n) is 5.70. The summed E-state index contributed by atoms with van der Waals surface area (Å²) >= 11 is 0. The molecule has 0 saturated heterocycles. The normalized spacial score (nSPS) is 14.3. The predicted octanol–water partition coefficient (Wildman–Crippen LogP) is 3.31. The molecule has 3 aromatic rings. The first-order valence-corrected chi connectivity index (χ1v) is 11.0. The second-order valence-electron chi connectivity index (χ2n) is 8.04. The van der Waals surface area contributed by atoms with Gasteiger partial charge in [-0.2, -0.15) is 0 Å². The minimum atomic E-state index is -1.20. The molecule has 1 aliphatic heterocycles. The Balaban J connectivity index is 1.48. The van der Waals surface area contributed by atoms with Gasteiger partial charge in [0.15, 0.2) is 6.61 Å². The molecule has 0 aromatic heterocycles. The van der Waals surface area contributed by atoms with Gasteiger partial charge in [-0.3, -0.25) is 19.3 Å². The van der Waals surface area contributed by atoms with Crippen LogP contribution in [0, 0.1) is 0 Å². The zero-order chi connectivity index (χ0) is 24.1. The zero-order valence-corrected chi connectivity index (χ0v) is 18.6. The van der Waals surface area contributed by atoms with Crippen molar-refractivity contribution in [1.29, 1.82) is 0 Å². The fraction of sp³-hybridized carbons (Fsp3) is 0.185. The van der Waals surface area contributed by atoms with E-state index in [2.05, 4.69) is 5.32 Å². The largest absolute Gasteiger partial charge is 0.454 e. The number of rotatable bonds is 8. The standard InChI is InChI=1S/C27H24N2O5/c1-18(20-12-6-3-7-13-20)28-24(30)17-34-27(33)23(16-19-10-4-2-5-11-19)29-25(31)21-14-8-9-15-22(21)26(29)32/h2-15,18,23H,16-17H2,1H3,(H,28,30)/t18-,23-/m0/s1. The molecule has 0 radical (unpaired) electrons. The van der Waals surface area contributed by atoms with Gasteiger partial charge in [0, 0.05) is 6.42 Å². The first-order chi connectivity index (χ1) is 16.5. The summed E-state index contributed by atoms with van der Waals surface area (Å²) in [6.45, 7) is 1.30. The van der Waals surface area contributed by atoms with Gasteiger partial charge >= 0.3 is 5.97 Å². The van der Waals surface area contributed by atoms with Crippen LogP contribution in [0.3, 0.4) is 0 Å². The molecule has 34 heavy (non-hydrogen) atoms. The van der Waals surface area contributed by atoms with E-state index in [0.717, 1.165) is 16.0 Å². The topological polar surface area (TPSA) is 92.8 Å². The number of fused-ring (bicyclic) bond motifs is 1. The summed E-state index contributed by atoms with van der Waals surface area (Å²) in [4.78, 5) is 52.4. The van der Waals surface area contributed by atoms with Crippen molar-refractivity contribution in [1.82, 2.24) is 10.2 Å². The first-order valence-electron chi connectivity index (χ1n) is 11.0. The molecule has 7 heteroatoms. The Morgan fingerprint density at radius 3 is 1.94 bits per heavy atom. The lowest BCUT2D eigenvalue weighted by atomic mass is 10.0. The number of nitrogens with one attached hydrogen (secondary N) is 1. The minimum absolute atomic E-state index is 0.0766. The van der Waals surface area contributed by atoms with Gasteiger partial charge in [-0.05, 0) is 30.2 Å². The van der Waals surface area contributed by atoms with Crippen LogP contribution < -0.4 is 5.32 Å². The fourth-order valence-corrected chi connectivity index (χ4v) is 3.95. The number of benzene rings is 3. The van der Waals surface area contributed by atoms with Crippen molar-refractivity contribution >= 4 is 23.7 Å². The summed E-state index contributed by atoms with van der Waals surface area (Å²) in [7, 11) is 0. The molecule has 0 fully saturated rings. The minimum Gasteiger partial charge on any atom is -0.454 e. The SMILES string of the molecule is C[C@H](NC(=O)COC(=O)[C@H](Cc1ccccc1)N1C(=O)c2ccccc2C1=O)c1ccccc1. The number of hydrogen-bond acceptors (Lipinski definition) is 5. The highest BCUT2D eigenvalue weighted by atomic mass is 16.5. The summed E-state index contributed by atoms with van der Waals surface area (Å²) in [5.41, 5.74) is 2.15. The highest BCUT2D eigenvalue weighted by Gasteiger charge is 2.43. The van der Waals surface area contributed by atoms with Crippen LogP contribution in [0.2, 0.25) is 0 Å². The van der Waals surface area contributed by atoms with E-state index < -0.39 is 36.3 Å². The number of imide groups is 1. The van der Waals surface area contributed by atoms with Crippen LogP contribution in [0.1, 0.15) is 44.8 Å². The van der Waals surface area contributed by atoms with Gasteiger partial charge < -0.3 is 10.1 Å². The second kappa shape index (κ2) is 10.1. The van der Waals surface area contributed by atoms with Crippen molar-refractivity contribution in [3.05, 3.63) is 107 Å². The lowest BCUT2D eigenvalue weighted by Crippen LogP contribution is -2.47. The average Bonchev–Trinajstić information content (AvgIpc) is 3.12. The summed E-state index contributed by atoms with van der Waals surface area (Å²) in [5.74, 6) is -2.41. The van der Waals surface area contributed by atoms with Gasteiger partial charge in [0.25, 0.3) is 17.7 Å². The molecule has 1 N–H and O–H groups in total. The van der Waals surface area contributed by atoms with E-state index in [1.54, 1.807) is 48.5 Å². The molecule has 0 saturated carbocycles. The van der Waals surface area contributed by atoms with Gasteiger partial charge in [-0.25, -0.2) is 4.79 Å². The monoisotopic (exact) mass is 456 g/mol. The van der Waals surface area contributed by atoms with Gasteiger partial charge in [0.1, 0.15) is 6.04 Å². The van der Waals surface area contributed by atoms with Crippen LogP contribution in [0.5, 0.6) is 0 Å². The quantitative estimate of drug-likeness (QED) is 0.415. The molecule has 0 spiro atoms. The van der Waals surface area contributed by atoms with Gasteiger partial charge in [-0.15, -0.1) is 0 Å². The van der Waals surface area contributed by atoms with Crippen molar-refractivity contribution in [2.45, 2.75) is 25.4 Å². The summed E-state index contributed by atoms with van der Waals surface area (Å²) in [6, 6.07) is 23.4. The Bertz CT molecular complexity index is 1170. The molecule has 0 aliphatic carbocycles. The molecular weight excluding hydrogens is 432 g/mol. The highest BCUT2D eigenvalue weighted by molar-refractivity contribution is 6.22. The molecule has 0 bridgehead atoms. The van der Waals surface area contributed by atoms with E-state index in [4.69, 9.17) is 4.74 Å². The van der Waals surface area contributed by atoms with Crippen LogP contribution in [-0.4, -0.2) is 41.2 Å². The molecule has 7 nitrogen and oxygen atoms in total. The third kappa shape index (κ3) is 4.88. The maximum atomic E-state index is 13.1. The molecule has 3 amide bonds. The number of nitrogens with zero attached hydrogens (tertiary/aromatic N) is 1. The maximum absolute atomic E-state index is 13.1. The second-order valence-corrected chi connectivity index (χ2v) is 8.04. The van der Waals surface area contributed by atoms with E-state index in [-0.39, 0.29) is 23.6 Å². The Labute approximate surface area is 197 Å². The van der Waals surface area contributed by atoms with Gasteiger partial charge in [0.2, 0.25) is 0 Å². The predicted molar refractivity (Wildman–Crippen MR) is 125 cm³/mol. The fourth-order valence-electron chi connectivity index (χ4n) is 3.95. The Morgan fingerprint density at radius 2 is 1.35 bits per heavy atom. The van der Waals surface area contributed by atoms with Gasteiger partial charge in [0.05, 0.1) is 17.2 Å². The molecule has 4 rings (SSSR count). The molecule has 1 heterocycles. The molecule has 0 unspecified atom stereocenters. The number of carbonyl (C=O) groups excluding carboxylic acids is 4. The molecule has 172 valence electrons. The number of esters is 1. The van der Waals surface area contributed by atoms with Crippen LogP contribution in [0.15, 0.2) is 84.9 Å². The van der Waals surface area contributed by atoms with Crippen molar-refractivity contribution in [2.24, 2.45) is 0 Å². The Hall–Kier alpha value is -4.26. The van der Waals surface area contributed by atoms with Crippen LogP contribution in [0.4, 0.5) is 0 Å². The van der Waals surface area contributed by atoms with E-state index in [1.165, 1.54) is 0 Å². The summed E-state index contributed by atoms with van der Waals surface area (Å²) < 4.78 is 5.29. The van der Waals surface area contributed by atoms with Crippen molar-refractivity contribution in [3.63, 3.8) is 0 Å². The highest BCUT2D eigenvalue weighted by Crippen LogP contribution is 2.26. The number of hydrogen-bond donors (Lipinski definition) is 1. The first kappa shape index (κ1) is 22.9.